The van der Waals surface area contributed by atoms with E-state index in [1.807, 2.05) is 25.4 Å². The number of hydrogen-bond donors (Lipinski definition) is 2. The summed E-state index contributed by atoms with van der Waals surface area (Å²) in [6.07, 6.45) is 4.86. The smallest absolute Gasteiger partial charge is 0.221 e. The van der Waals surface area contributed by atoms with E-state index in [1.165, 1.54) is 0 Å². The number of pyridine rings is 1. The quantitative estimate of drug-likeness (QED) is 0.254. The Kier molecular flexibility index (Phi) is 9.92. The number of carbonyl (C=O) groups excluding carboxylic acids is 1. The van der Waals surface area contributed by atoms with Crippen LogP contribution in [0.4, 0.5) is 5.82 Å². The number of nitrogens with one attached hydrogen (secondary N) is 1. The van der Waals surface area contributed by atoms with E-state index in [0.717, 1.165) is 83.4 Å². The Balaban J connectivity index is 0.00000300. The minimum atomic E-state index is -0.159. The Hall–Kier alpha value is -1.62. The standard InChI is InChI=1S/C20H33N7O.HI/c1-22-20(24-9-5-11-25-10-4-6-17(16-25)19(21)28)27-14-12-26(13-15-27)18-7-2-3-8-23-18;/h2-3,7-8,17H,4-6,9-16H2,1H3,(H2,21,28)(H,22,24);1H. The van der Waals surface area contributed by atoms with Gasteiger partial charge in [0.2, 0.25) is 5.91 Å². The highest BCUT2D eigenvalue weighted by Crippen LogP contribution is 2.16. The number of anilines is 1. The van der Waals surface area contributed by atoms with Crippen LogP contribution in [-0.2, 0) is 4.79 Å². The second-order valence-corrected chi connectivity index (χ2v) is 7.53. The predicted molar refractivity (Wildman–Crippen MR) is 128 cm³/mol. The van der Waals surface area contributed by atoms with Gasteiger partial charge in [-0.25, -0.2) is 4.98 Å². The van der Waals surface area contributed by atoms with Crippen LogP contribution >= 0.6 is 24.0 Å². The third kappa shape index (κ3) is 6.98. The minimum absolute atomic E-state index is 0. The number of nitrogens with two attached hydrogens (primary N) is 1. The molecule has 8 nitrogen and oxygen atoms in total. The molecule has 3 rings (SSSR count). The number of amides is 1. The van der Waals surface area contributed by atoms with Gasteiger partial charge in [-0.1, -0.05) is 6.07 Å². The number of likely N-dealkylation sites (tertiary alicyclic amines) is 1. The van der Waals surface area contributed by atoms with Crippen molar-refractivity contribution in [2.45, 2.75) is 19.3 Å². The van der Waals surface area contributed by atoms with E-state index in [0.29, 0.717) is 0 Å². The Morgan fingerprint density at radius 3 is 2.72 bits per heavy atom. The van der Waals surface area contributed by atoms with Gasteiger partial charge in [0.1, 0.15) is 5.82 Å². The van der Waals surface area contributed by atoms with Crippen LogP contribution in [0.5, 0.6) is 0 Å². The van der Waals surface area contributed by atoms with Crippen molar-refractivity contribution in [1.82, 2.24) is 20.1 Å². The maximum atomic E-state index is 11.4. The number of primary amides is 1. The molecule has 0 aromatic carbocycles. The number of guanidine groups is 1. The molecule has 162 valence electrons. The molecule has 2 fully saturated rings. The lowest BCUT2D eigenvalue weighted by molar-refractivity contribution is -0.123. The van der Waals surface area contributed by atoms with Crippen molar-refractivity contribution < 1.29 is 4.79 Å². The third-order valence-electron chi connectivity index (χ3n) is 5.61. The Bertz CT molecular complexity index is 649. The molecule has 1 atom stereocenters. The zero-order valence-electron chi connectivity index (χ0n) is 17.3. The molecule has 2 saturated heterocycles. The summed E-state index contributed by atoms with van der Waals surface area (Å²) in [6.45, 7) is 7.49. The van der Waals surface area contributed by atoms with Crippen molar-refractivity contribution in [2.24, 2.45) is 16.6 Å². The molecule has 29 heavy (non-hydrogen) atoms. The number of carbonyl (C=O) groups is 1. The fourth-order valence-corrected chi connectivity index (χ4v) is 4.01. The first-order chi connectivity index (χ1) is 13.7. The number of rotatable bonds is 6. The first-order valence-corrected chi connectivity index (χ1v) is 10.3. The molecule has 0 spiro atoms. The lowest BCUT2D eigenvalue weighted by Gasteiger charge is -2.37. The number of aliphatic imine (C=N–C) groups is 1. The summed E-state index contributed by atoms with van der Waals surface area (Å²) in [6, 6.07) is 6.04. The lowest BCUT2D eigenvalue weighted by atomic mass is 9.97. The number of hydrogen-bond acceptors (Lipinski definition) is 5. The zero-order chi connectivity index (χ0) is 19.8. The van der Waals surface area contributed by atoms with Crippen molar-refractivity contribution in [2.75, 3.05) is 64.3 Å². The lowest BCUT2D eigenvalue weighted by Crippen LogP contribution is -2.53. The van der Waals surface area contributed by atoms with Crippen LogP contribution < -0.4 is 16.0 Å². The first kappa shape index (κ1) is 23.7. The molecular weight excluding hydrogens is 481 g/mol. The molecule has 9 heteroatoms. The van der Waals surface area contributed by atoms with E-state index in [9.17, 15) is 4.79 Å². The summed E-state index contributed by atoms with van der Waals surface area (Å²) in [4.78, 5) is 27.3. The summed E-state index contributed by atoms with van der Waals surface area (Å²) < 4.78 is 0. The van der Waals surface area contributed by atoms with Crippen molar-refractivity contribution in [3.05, 3.63) is 24.4 Å². The van der Waals surface area contributed by atoms with Gasteiger partial charge < -0.3 is 25.8 Å². The highest BCUT2D eigenvalue weighted by atomic mass is 127. The summed E-state index contributed by atoms with van der Waals surface area (Å²) in [5, 5.41) is 3.49. The zero-order valence-corrected chi connectivity index (χ0v) is 19.6. The van der Waals surface area contributed by atoms with Crippen LogP contribution in [-0.4, -0.2) is 86.1 Å². The Labute approximate surface area is 190 Å². The van der Waals surface area contributed by atoms with Crippen LogP contribution in [0.25, 0.3) is 0 Å². The van der Waals surface area contributed by atoms with Gasteiger partial charge >= 0.3 is 0 Å². The average Bonchev–Trinajstić information content (AvgIpc) is 2.75. The predicted octanol–water partition coefficient (Wildman–Crippen LogP) is 0.984. The van der Waals surface area contributed by atoms with Crippen molar-refractivity contribution >= 4 is 41.7 Å². The molecule has 2 aliphatic rings. The van der Waals surface area contributed by atoms with E-state index in [2.05, 4.69) is 36.1 Å². The van der Waals surface area contributed by atoms with Gasteiger partial charge in [-0.05, 0) is 44.5 Å². The van der Waals surface area contributed by atoms with E-state index in [-0.39, 0.29) is 35.8 Å². The van der Waals surface area contributed by atoms with Gasteiger partial charge in [-0.15, -0.1) is 24.0 Å². The van der Waals surface area contributed by atoms with Crippen LogP contribution in [0.3, 0.4) is 0 Å². The molecule has 1 amide bonds. The summed E-state index contributed by atoms with van der Waals surface area (Å²) >= 11 is 0. The number of aromatic nitrogens is 1. The van der Waals surface area contributed by atoms with E-state index in [1.54, 1.807) is 0 Å². The molecule has 0 aliphatic carbocycles. The van der Waals surface area contributed by atoms with Crippen molar-refractivity contribution in [3.63, 3.8) is 0 Å². The largest absolute Gasteiger partial charge is 0.369 e. The highest BCUT2D eigenvalue weighted by molar-refractivity contribution is 14.0. The van der Waals surface area contributed by atoms with Gasteiger partial charge in [0.25, 0.3) is 0 Å². The number of piperidine rings is 1. The molecule has 0 radical (unpaired) electrons. The Morgan fingerprint density at radius 1 is 1.28 bits per heavy atom. The van der Waals surface area contributed by atoms with E-state index >= 15 is 0 Å². The second-order valence-electron chi connectivity index (χ2n) is 7.53. The average molecular weight is 515 g/mol. The molecule has 1 aromatic heterocycles. The van der Waals surface area contributed by atoms with Gasteiger partial charge in [-0.3, -0.25) is 9.79 Å². The Morgan fingerprint density at radius 2 is 2.07 bits per heavy atom. The second kappa shape index (κ2) is 12.2. The monoisotopic (exact) mass is 515 g/mol. The molecule has 3 N–H and O–H groups in total. The molecule has 0 saturated carbocycles. The van der Waals surface area contributed by atoms with Gasteiger partial charge in [0, 0.05) is 52.5 Å². The van der Waals surface area contributed by atoms with Crippen molar-refractivity contribution in [1.29, 1.82) is 0 Å². The van der Waals surface area contributed by atoms with Crippen LogP contribution in [0.15, 0.2) is 29.4 Å². The summed E-state index contributed by atoms with van der Waals surface area (Å²) in [7, 11) is 1.84. The van der Waals surface area contributed by atoms with E-state index in [4.69, 9.17) is 5.73 Å². The molecule has 0 bridgehead atoms. The maximum absolute atomic E-state index is 11.4. The SMILES string of the molecule is CN=C(NCCCN1CCCC(C(N)=O)C1)N1CCN(c2ccccn2)CC1.I. The third-order valence-corrected chi connectivity index (χ3v) is 5.61. The normalized spacial score (nSPS) is 20.9. The first-order valence-electron chi connectivity index (χ1n) is 10.3. The molecule has 1 unspecified atom stereocenters. The number of halogens is 1. The van der Waals surface area contributed by atoms with Crippen LogP contribution in [0.1, 0.15) is 19.3 Å². The molecule has 2 aliphatic heterocycles. The highest BCUT2D eigenvalue weighted by Gasteiger charge is 2.24. The van der Waals surface area contributed by atoms with Gasteiger partial charge in [0.15, 0.2) is 5.96 Å². The van der Waals surface area contributed by atoms with Gasteiger partial charge in [-0.2, -0.15) is 0 Å². The van der Waals surface area contributed by atoms with Crippen LogP contribution in [0.2, 0.25) is 0 Å². The fourth-order valence-electron chi connectivity index (χ4n) is 4.01. The minimum Gasteiger partial charge on any atom is -0.369 e. The number of piperazine rings is 1. The number of nitrogens with zero attached hydrogens (tertiary/aromatic N) is 5. The summed E-state index contributed by atoms with van der Waals surface area (Å²) in [5.41, 5.74) is 5.46. The van der Waals surface area contributed by atoms with Crippen molar-refractivity contribution in [3.8, 4) is 0 Å². The molecule has 3 heterocycles. The molecule has 1 aromatic rings. The summed E-state index contributed by atoms with van der Waals surface area (Å²) in [5.74, 6) is 1.87. The van der Waals surface area contributed by atoms with Gasteiger partial charge in [0.05, 0.1) is 5.92 Å². The van der Waals surface area contributed by atoms with E-state index < -0.39 is 0 Å². The topological polar surface area (TPSA) is 90.1 Å². The fraction of sp³-hybridized carbons (Fsp3) is 0.650. The van der Waals surface area contributed by atoms with Crippen LogP contribution in [0, 0.1) is 5.92 Å². The molecular formula is C20H34IN7O. The maximum Gasteiger partial charge on any atom is 0.221 e.